The van der Waals surface area contributed by atoms with Crippen molar-refractivity contribution in [2.75, 3.05) is 0 Å². The number of carbonyl (C=O) groups is 1. The molecule has 0 saturated heterocycles. The van der Waals surface area contributed by atoms with Gasteiger partial charge in [-0.25, -0.2) is 4.68 Å². The third-order valence-corrected chi connectivity index (χ3v) is 4.27. The molecule has 8 heteroatoms. The monoisotopic (exact) mass is 324 g/mol. The lowest BCUT2D eigenvalue weighted by Gasteiger charge is -2.06. The van der Waals surface area contributed by atoms with E-state index in [4.69, 9.17) is 0 Å². The summed E-state index contributed by atoms with van der Waals surface area (Å²) < 4.78 is 1.08. The van der Waals surface area contributed by atoms with Crippen LogP contribution in [0.1, 0.15) is 23.4 Å². The fourth-order valence-corrected chi connectivity index (χ4v) is 3.04. The van der Waals surface area contributed by atoms with Gasteiger partial charge in [-0.05, 0) is 37.0 Å². The summed E-state index contributed by atoms with van der Waals surface area (Å²) in [5, 5.41) is 18.3. The highest BCUT2D eigenvalue weighted by Gasteiger charge is 2.18. The SMILES string of the molecule is O=C(Cn1nnc2ccccc2c1=O)NCc1n[nH]c2c1CCC2. The predicted molar refractivity (Wildman–Crippen MR) is 86.3 cm³/mol. The molecule has 0 unspecified atom stereocenters. The van der Waals surface area contributed by atoms with Crippen molar-refractivity contribution in [2.45, 2.75) is 32.4 Å². The van der Waals surface area contributed by atoms with Crippen molar-refractivity contribution in [1.82, 2.24) is 30.5 Å². The minimum atomic E-state index is -0.323. The number of amides is 1. The lowest BCUT2D eigenvalue weighted by atomic mass is 10.2. The Bertz CT molecular complexity index is 974. The zero-order chi connectivity index (χ0) is 16.5. The fourth-order valence-electron chi connectivity index (χ4n) is 3.04. The van der Waals surface area contributed by atoms with E-state index < -0.39 is 0 Å². The molecular formula is C16H16N6O2. The first-order valence-corrected chi connectivity index (χ1v) is 7.86. The van der Waals surface area contributed by atoms with E-state index in [9.17, 15) is 9.59 Å². The molecule has 1 aliphatic carbocycles. The molecular weight excluding hydrogens is 308 g/mol. The van der Waals surface area contributed by atoms with E-state index in [2.05, 4.69) is 25.8 Å². The minimum Gasteiger partial charge on any atom is -0.349 e. The predicted octanol–water partition coefficient (Wildman–Crippen LogP) is 0.320. The van der Waals surface area contributed by atoms with Crippen LogP contribution in [0.4, 0.5) is 0 Å². The molecule has 0 spiro atoms. The topological polar surface area (TPSA) is 106 Å². The van der Waals surface area contributed by atoms with E-state index in [0.717, 1.165) is 35.3 Å². The van der Waals surface area contributed by atoms with Gasteiger partial charge >= 0.3 is 0 Å². The summed E-state index contributed by atoms with van der Waals surface area (Å²) in [7, 11) is 0. The summed E-state index contributed by atoms with van der Waals surface area (Å²) in [4.78, 5) is 24.4. The standard InChI is InChI=1S/C16H16N6O2/c23-15(17-8-14-10-5-3-7-12(10)18-19-14)9-22-16(24)11-4-1-2-6-13(11)20-21-22/h1-2,4,6H,3,5,7-9H2,(H,17,23)(H,18,19). The molecule has 0 aliphatic heterocycles. The molecule has 0 bridgehead atoms. The van der Waals surface area contributed by atoms with Crippen molar-refractivity contribution in [1.29, 1.82) is 0 Å². The van der Waals surface area contributed by atoms with Crippen LogP contribution in [-0.4, -0.2) is 31.1 Å². The van der Waals surface area contributed by atoms with Crippen LogP contribution in [0.2, 0.25) is 0 Å². The number of fused-ring (bicyclic) bond motifs is 2. The molecule has 0 radical (unpaired) electrons. The highest BCUT2D eigenvalue weighted by atomic mass is 16.2. The molecule has 0 saturated carbocycles. The summed E-state index contributed by atoms with van der Waals surface area (Å²) in [6.07, 6.45) is 3.12. The van der Waals surface area contributed by atoms with Gasteiger partial charge in [-0.2, -0.15) is 5.10 Å². The Balaban J connectivity index is 1.46. The molecule has 1 amide bonds. The first-order chi connectivity index (χ1) is 11.7. The number of aryl methyl sites for hydroxylation is 1. The van der Waals surface area contributed by atoms with Crippen molar-refractivity contribution in [2.24, 2.45) is 0 Å². The van der Waals surface area contributed by atoms with Crippen LogP contribution in [-0.2, 0) is 30.7 Å². The number of benzene rings is 1. The fraction of sp³-hybridized carbons (Fsp3) is 0.312. The molecule has 3 aromatic rings. The maximum Gasteiger partial charge on any atom is 0.278 e. The van der Waals surface area contributed by atoms with E-state index in [1.807, 2.05) is 0 Å². The van der Waals surface area contributed by atoms with Gasteiger partial charge in [-0.1, -0.05) is 17.3 Å². The number of H-pyrrole nitrogens is 1. The Morgan fingerprint density at radius 2 is 2.17 bits per heavy atom. The molecule has 2 N–H and O–H groups in total. The molecule has 2 aromatic heterocycles. The normalized spacial score (nSPS) is 13.2. The summed E-state index contributed by atoms with van der Waals surface area (Å²) >= 11 is 0. The Kier molecular flexibility index (Phi) is 3.56. The number of hydrogen-bond donors (Lipinski definition) is 2. The molecule has 122 valence electrons. The lowest BCUT2D eigenvalue weighted by molar-refractivity contribution is -0.122. The summed E-state index contributed by atoms with van der Waals surface area (Å²) in [5.41, 5.74) is 3.43. The highest BCUT2D eigenvalue weighted by Crippen LogP contribution is 2.22. The largest absolute Gasteiger partial charge is 0.349 e. The van der Waals surface area contributed by atoms with Gasteiger partial charge in [0.2, 0.25) is 5.91 Å². The Hall–Kier alpha value is -3.03. The van der Waals surface area contributed by atoms with Crippen LogP contribution in [0.3, 0.4) is 0 Å². The van der Waals surface area contributed by atoms with E-state index in [1.165, 1.54) is 5.56 Å². The van der Waals surface area contributed by atoms with Crippen LogP contribution in [0.5, 0.6) is 0 Å². The Morgan fingerprint density at radius 3 is 3.08 bits per heavy atom. The van der Waals surface area contributed by atoms with E-state index in [0.29, 0.717) is 17.4 Å². The van der Waals surface area contributed by atoms with Crippen LogP contribution >= 0.6 is 0 Å². The van der Waals surface area contributed by atoms with E-state index in [-0.39, 0.29) is 18.0 Å². The quantitative estimate of drug-likeness (QED) is 0.719. The van der Waals surface area contributed by atoms with Gasteiger partial charge < -0.3 is 5.32 Å². The maximum atomic E-state index is 12.3. The summed E-state index contributed by atoms with van der Waals surface area (Å²) in [5.74, 6) is -0.295. The first-order valence-electron chi connectivity index (χ1n) is 7.86. The van der Waals surface area contributed by atoms with Crippen LogP contribution in [0, 0.1) is 0 Å². The molecule has 4 rings (SSSR count). The molecule has 1 aliphatic rings. The van der Waals surface area contributed by atoms with Gasteiger partial charge in [-0.3, -0.25) is 14.7 Å². The van der Waals surface area contributed by atoms with Gasteiger partial charge in [0.25, 0.3) is 5.56 Å². The molecule has 2 heterocycles. The second-order valence-electron chi connectivity index (χ2n) is 5.83. The lowest BCUT2D eigenvalue weighted by Crippen LogP contribution is -2.34. The van der Waals surface area contributed by atoms with Crippen molar-refractivity contribution in [3.05, 3.63) is 51.6 Å². The van der Waals surface area contributed by atoms with Crippen LogP contribution in [0.25, 0.3) is 10.9 Å². The van der Waals surface area contributed by atoms with Crippen molar-refractivity contribution < 1.29 is 4.79 Å². The third kappa shape index (κ3) is 2.55. The van der Waals surface area contributed by atoms with Crippen LogP contribution in [0.15, 0.2) is 29.1 Å². The second kappa shape index (κ2) is 5.88. The average molecular weight is 324 g/mol. The van der Waals surface area contributed by atoms with E-state index >= 15 is 0 Å². The minimum absolute atomic E-state index is 0.163. The number of nitrogens with zero attached hydrogens (tertiary/aromatic N) is 4. The number of rotatable bonds is 4. The zero-order valence-corrected chi connectivity index (χ0v) is 13.0. The molecule has 1 aromatic carbocycles. The van der Waals surface area contributed by atoms with Crippen molar-refractivity contribution in [3.8, 4) is 0 Å². The van der Waals surface area contributed by atoms with Gasteiger partial charge in [0.1, 0.15) is 12.1 Å². The van der Waals surface area contributed by atoms with Gasteiger partial charge in [0, 0.05) is 5.69 Å². The smallest absolute Gasteiger partial charge is 0.278 e. The number of carbonyl (C=O) groups excluding carboxylic acids is 1. The molecule has 8 nitrogen and oxygen atoms in total. The summed E-state index contributed by atoms with van der Waals surface area (Å²) in [6, 6.07) is 6.93. The average Bonchev–Trinajstić information content (AvgIpc) is 3.20. The number of aromatic amines is 1. The number of aromatic nitrogens is 5. The van der Waals surface area contributed by atoms with Gasteiger partial charge in [0.05, 0.1) is 17.6 Å². The highest BCUT2D eigenvalue weighted by molar-refractivity contribution is 5.78. The molecule has 24 heavy (non-hydrogen) atoms. The Morgan fingerprint density at radius 1 is 1.29 bits per heavy atom. The molecule has 0 fully saturated rings. The summed E-state index contributed by atoms with van der Waals surface area (Å²) in [6.45, 7) is 0.184. The molecule has 0 atom stereocenters. The Labute approximate surface area is 136 Å². The maximum absolute atomic E-state index is 12.3. The zero-order valence-electron chi connectivity index (χ0n) is 13.0. The van der Waals surface area contributed by atoms with Crippen molar-refractivity contribution >= 4 is 16.8 Å². The third-order valence-electron chi connectivity index (χ3n) is 4.27. The second-order valence-corrected chi connectivity index (χ2v) is 5.83. The number of hydrogen-bond acceptors (Lipinski definition) is 5. The van der Waals surface area contributed by atoms with Gasteiger partial charge in [-0.15, -0.1) is 5.10 Å². The van der Waals surface area contributed by atoms with Crippen molar-refractivity contribution in [3.63, 3.8) is 0 Å². The number of nitrogens with one attached hydrogen (secondary N) is 2. The van der Waals surface area contributed by atoms with Gasteiger partial charge in [0.15, 0.2) is 0 Å². The van der Waals surface area contributed by atoms with Crippen LogP contribution < -0.4 is 10.9 Å². The first kappa shape index (κ1) is 14.6. The van der Waals surface area contributed by atoms with E-state index in [1.54, 1.807) is 24.3 Å².